The maximum atomic E-state index is 5.96. The highest BCUT2D eigenvalue weighted by Gasteiger charge is 2.17. The lowest BCUT2D eigenvalue weighted by Gasteiger charge is -2.21. The normalized spacial score (nSPS) is 12.2. The van der Waals surface area contributed by atoms with E-state index in [1.807, 2.05) is 50.4 Å². The first-order chi connectivity index (χ1) is 9.65. The average Bonchev–Trinajstić information content (AvgIpc) is 2.45. The van der Waals surface area contributed by atoms with Gasteiger partial charge in [0.1, 0.15) is 5.75 Å². The molecule has 106 valence electrons. The van der Waals surface area contributed by atoms with Crippen molar-refractivity contribution < 1.29 is 4.74 Å². The Morgan fingerprint density at radius 2 is 1.90 bits per heavy atom. The van der Waals surface area contributed by atoms with Crippen LogP contribution < -0.4 is 10.1 Å². The van der Waals surface area contributed by atoms with Crippen LogP contribution in [0.2, 0.25) is 5.02 Å². The molecule has 0 aromatic heterocycles. The summed E-state index contributed by atoms with van der Waals surface area (Å²) in [7, 11) is 1.94. The van der Waals surface area contributed by atoms with Crippen molar-refractivity contribution in [3.8, 4) is 5.75 Å². The molecule has 0 aliphatic rings. The van der Waals surface area contributed by atoms with E-state index in [9.17, 15) is 0 Å². The van der Waals surface area contributed by atoms with Crippen LogP contribution in [-0.4, -0.2) is 13.7 Å². The fourth-order valence-electron chi connectivity index (χ4n) is 2.19. The number of ether oxygens (including phenoxy) is 1. The second-order valence-electron chi connectivity index (χ2n) is 4.39. The highest BCUT2D eigenvalue weighted by molar-refractivity contribution is 9.10. The zero-order valence-corrected chi connectivity index (χ0v) is 13.8. The molecule has 0 fully saturated rings. The van der Waals surface area contributed by atoms with Crippen LogP contribution in [0.15, 0.2) is 46.9 Å². The molecular weight excluding hydrogens is 338 g/mol. The van der Waals surface area contributed by atoms with E-state index in [2.05, 4.69) is 27.3 Å². The minimum absolute atomic E-state index is 0.0614. The molecule has 4 heteroatoms. The number of nitrogens with one attached hydrogen (secondary N) is 1. The van der Waals surface area contributed by atoms with Gasteiger partial charge in [0.15, 0.2) is 0 Å². The third-order valence-corrected chi connectivity index (χ3v) is 3.82. The first-order valence-electron chi connectivity index (χ1n) is 6.50. The summed E-state index contributed by atoms with van der Waals surface area (Å²) in [5, 5.41) is 4.07. The predicted molar refractivity (Wildman–Crippen MR) is 87.7 cm³/mol. The lowest BCUT2D eigenvalue weighted by atomic mass is 9.98. The molecule has 20 heavy (non-hydrogen) atoms. The topological polar surface area (TPSA) is 21.3 Å². The van der Waals surface area contributed by atoms with Crippen molar-refractivity contribution in [3.63, 3.8) is 0 Å². The van der Waals surface area contributed by atoms with Gasteiger partial charge in [-0.05, 0) is 49.9 Å². The van der Waals surface area contributed by atoms with Crippen LogP contribution in [-0.2, 0) is 0 Å². The summed E-state index contributed by atoms with van der Waals surface area (Å²) in [6.45, 7) is 2.63. The second-order valence-corrected chi connectivity index (χ2v) is 5.74. The van der Waals surface area contributed by atoms with Crippen molar-refractivity contribution in [1.29, 1.82) is 0 Å². The van der Waals surface area contributed by atoms with E-state index < -0.39 is 0 Å². The Bertz CT molecular complexity index is 571. The quantitative estimate of drug-likeness (QED) is 0.832. The molecule has 2 nitrogen and oxygen atoms in total. The summed E-state index contributed by atoms with van der Waals surface area (Å²) in [6.07, 6.45) is 0. The lowest BCUT2D eigenvalue weighted by Crippen LogP contribution is -2.18. The zero-order chi connectivity index (χ0) is 14.5. The van der Waals surface area contributed by atoms with Crippen LogP contribution in [0.25, 0.3) is 0 Å². The monoisotopic (exact) mass is 353 g/mol. The number of halogens is 2. The molecule has 0 amide bonds. The third-order valence-electron chi connectivity index (χ3n) is 3.07. The number of hydrogen-bond acceptors (Lipinski definition) is 2. The van der Waals surface area contributed by atoms with Crippen molar-refractivity contribution in [2.45, 2.75) is 13.0 Å². The number of benzene rings is 2. The fourth-order valence-corrected chi connectivity index (χ4v) is 2.69. The molecule has 0 aliphatic carbocycles. The molecule has 1 atom stereocenters. The molecule has 2 rings (SSSR count). The van der Waals surface area contributed by atoms with Crippen LogP contribution in [0, 0.1) is 0 Å². The van der Waals surface area contributed by atoms with Gasteiger partial charge in [-0.15, -0.1) is 0 Å². The summed E-state index contributed by atoms with van der Waals surface area (Å²) in [6, 6.07) is 14.0. The van der Waals surface area contributed by atoms with E-state index >= 15 is 0 Å². The smallest absolute Gasteiger partial charge is 0.124 e. The van der Waals surface area contributed by atoms with Crippen LogP contribution in [0.5, 0.6) is 5.75 Å². The Hall–Kier alpha value is -1.03. The predicted octanol–water partition coefficient (Wildman–Crippen LogP) is 4.81. The number of hydrogen-bond donors (Lipinski definition) is 1. The molecule has 0 saturated heterocycles. The van der Waals surface area contributed by atoms with Crippen LogP contribution in [0.4, 0.5) is 0 Å². The molecular formula is C16H17BrClNO. The highest BCUT2D eigenvalue weighted by Crippen LogP contribution is 2.32. The maximum Gasteiger partial charge on any atom is 0.124 e. The van der Waals surface area contributed by atoms with Gasteiger partial charge in [0.05, 0.1) is 12.6 Å². The molecule has 0 spiro atoms. The van der Waals surface area contributed by atoms with Gasteiger partial charge in [0.2, 0.25) is 0 Å². The van der Waals surface area contributed by atoms with Crippen LogP contribution >= 0.6 is 27.5 Å². The van der Waals surface area contributed by atoms with E-state index in [-0.39, 0.29) is 6.04 Å². The fraction of sp³-hybridized carbons (Fsp3) is 0.250. The van der Waals surface area contributed by atoms with E-state index in [1.54, 1.807) is 0 Å². The van der Waals surface area contributed by atoms with Gasteiger partial charge >= 0.3 is 0 Å². The van der Waals surface area contributed by atoms with E-state index in [0.29, 0.717) is 6.61 Å². The first kappa shape index (κ1) is 15.4. The minimum Gasteiger partial charge on any atom is -0.494 e. The van der Waals surface area contributed by atoms with Gasteiger partial charge in [-0.3, -0.25) is 0 Å². The maximum absolute atomic E-state index is 5.96. The molecule has 0 radical (unpaired) electrons. The highest BCUT2D eigenvalue weighted by atomic mass is 79.9. The second kappa shape index (κ2) is 7.11. The van der Waals surface area contributed by atoms with Crippen molar-refractivity contribution in [2.24, 2.45) is 0 Å². The van der Waals surface area contributed by atoms with Crippen LogP contribution in [0.3, 0.4) is 0 Å². The molecule has 0 bridgehead atoms. The summed E-state index contributed by atoms with van der Waals surface area (Å²) in [5.41, 5.74) is 2.25. The standard InChI is InChI=1S/C16H17BrClNO/c1-3-20-15-9-6-12(17)10-14(15)16(19-2)11-4-7-13(18)8-5-11/h4-10,16,19H,3H2,1-2H3. The van der Waals surface area contributed by atoms with Gasteiger partial charge in [0, 0.05) is 15.1 Å². The molecule has 0 saturated carbocycles. The van der Waals surface area contributed by atoms with Crippen molar-refractivity contribution in [3.05, 3.63) is 63.1 Å². The van der Waals surface area contributed by atoms with Gasteiger partial charge in [-0.25, -0.2) is 0 Å². The van der Waals surface area contributed by atoms with Gasteiger partial charge in [0.25, 0.3) is 0 Å². The van der Waals surface area contributed by atoms with E-state index in [1.165, 1.54) is 0 Å². The first-order valence-corrected chi connectivity index (χ1v) is 7.67. The molecule has 0 heterocycles. The number of rotatable bonds is 5. The summed E-state index contributed by atoms with van der Waals surface area (Å²) < 4.78 is 6.77. The van der Waals surface area contributed by atoms with E-state index in [4.69, 9.17) is 16.3 Å². The molecule has 1 N–H and O–H groups in total. The van der Waals surface area contributed by atoms with Gasteiger partial charge < -0.3 is 10.1 Å². The lowest BCUT2D eigenvalue weighted by molar-refractivity contribution is 0.334. The Kier molecular flexibility index (Phi) is 5.46. The van der Waals surface area contributed by atoms with E-state index in [0.717, 1.165) is 26.4 Å². The Morgan fingerprint density at radius 3 is 2.50 bits per heavy atom. The summed E-state index contributed by atoms with van der Waals surface area (Å²) >= 11 is 9.48. The zero-order valence-electron chi connectivity index (χ0n) is 11.5. The molecule has 0 aliphatic heterocycles. The van der Waals surface area contributed by atoms with Crippen molar-refractivity contribution >= 4 is 27.5 Å². The van der Waals surface area contributed by atoms with Crippen molar-refractivity contribution in [2.75, 3.05) is 13.7 Å². The van der Waals surface area contributed by atoms with Gasteiger partial charge in [-0.2, -0.15) is 0 Å². The average molecular weight is 355 g/mol. The third kappa shape index (κ3) is 3.54. The Morgan fingerprint density at radius 1 is 1.20 bits per heavy atom. The summed E-state index contributed by atoms with van der Waals surface area (Å²) in [5.74, 6) is 0.894. The largest absolute Gasteiger partial charge is 0.494 e. The molecule has 2 aromatic rings. The van der Waals surface area contributed by atoms with Crippen LogP contribution in [0.1, 0.15) is 24.1 Å². The Balaban J connectivity index is 2.45. The minimum atomic E-state index is 0.0614. The molecule has 2 aromatic carbocycles. The van der Waals surface area contributed by atoms with Crippen molar-refractivity contribution in [1.82, 2.24) is 5.32 Å². The SMILES string of the molecule is CCOc1ccc(Br)cc1C(NC)c1ccc(Cl)cc1. The molecule has 1 unspecified atom stereocenters. The Labute approximate surface area is 133 Å². The summed E-state index contributed by atoms with van der Waals surface area (Å²) in [4.78, 5) is 0. The van der Waals surface area contributed by atoms with Gasteiger partial charge in [-0.1, -0.05) is 39.7 Å².